The van der Waals surface area contributed by atoms with E-state index in [2.05, 4.69) is 45.2 Å². The molecule has 0 amide bonds. The lowest BCUT2D eigenvalue weighted by atomic mass is 10.3. The minimum atomic E-state index is 0.0215. The van der Waals surface area contributed by atoms with E-state index in [0.717, 1.165) is 18.6 Å². The lowest BCUT2D eigenvalue weighted by molar-refractivity contribution is 0.00340. The number of hydrogen-bond donors (Lipinski definition) is 2. The summed E-state index contributed by atoms with van der Waals surface area (Å²) in [4.78, 5) is 0. The zero-order chi connectivity index (χ0) is 24.7. The summed E-state index contributed by atoms with van der Waals surface area (Å²) >= 11 is 4.44. The van der Waals surface area contributed by atoms with Gasteiger partial charge in [0, 0.05) is 0 Å². The Morgan fingerprint density at radius 1 is 0.441 bits per heavy atom. The quantitative estimate of drug-likeness (QED) is 0.121. The van der Waals surface area contributed by atoms with Crippen molar-refractivity contribution in [3.8, 4) is 11.5 Å². The molecule has 0 aliphatic heterocycles. The first-order valence-electron chi connectivity index (χ1n) is 11.1. The van der Waals surface area contributed by atoms with Crippen molar-refractivity contribution >= 4 is 45.2 Å². The van der Waals surface area contributed by atoms with Gasteiger partial charge in [0.15, 0.2) is 0 Å². The summed E-state index contributed by atoms with van der Waals surface area (Å²) in [6.45, 7) is 6.34. The Morgan fingerprint density at radius 3 is 1.00 bits per heavy atom. The highest BCUT2D eigenvalue weighted by Gasteiger charge is 2.09. The largest absolute Gasteiger partial charge is 0.490 e. The van der Waals surface area contributed by atoms with Crippen LogP contribution in [0.4, 0.5) is 0 Å². The van der Waals surface area contributed by atoms with Gasteiger partial charge in [-0.15, -0.1) is 0 Å². The van der Waals surface area contributed by atoms with Crippen LogP contribution < -0.4 is 9.47 Å². The minimum Gasteiger partial charge on any atom is -0.490 e. The van der Waals surface area contributed by atoms with Crippen LogP contribution in [0, 0.1) is 7.14 Å². The molecule has 1 aromatic carbocycles. The van der Waals surface area contributed by atoms with Crippen molar-refractivity contribution in [1.82, 2.24) is 0 Å². The number of benzene rings is 1. The number of halogens is 2. The van der Waals surface area contributed by atoms with Gasteiger partial charge in [-0.3, -0.25) is 0 Å². The van der Waals surface area contributed by atoms with E-state index in [9.17, 15) is 0 Å². The Bertz CT molecular complexity index is 558. The average molecular weight is 714 g/mol. The molecule has 0 radical (unpaired) electrons. The van der Waals surface area contributed by atoms with Gasteiger partial charge in [0.2, 0.25) is 0 Å². The molecule has 0 spiro atoms. The summed E-state index contributed by atoms with van der Waals surface area (Å²) < 4.78 is 45.5. The first kappa shape index (κ1) is 32.0. The summed E-state index contributed by atoms with van der Waals surface area (Å²) in [6.07, 6.45) is 0. The second-order valence-corrected chi connectivity index (χ2v) is 8.86. The van der Waals surface area contributed by atoms with Crippen molar-refractivity contribution < 1.29 is 48.1 Å². The van der Waals surface area contributed by atoms with Crippen molar-refractivity contribution in [1.29, 1.82) is 0 Å². The zero-order valence-electron chi connectivity index (χ0n) is 19.4. The highest BCUT2D eigenvalue weighted by Crippen LogP contribution is 2.31. The molecule has 10 nitrogen and oxygen atoms in total. The Balaban J connectivity index is 2.07. The summed E-state index contributed by atoms with van der Waals surface area (Å²) in [5.41, 5.74) is 0. The SMILES string of the molecule is OCCOCCOCCOCCOc1cc(I)c(OCCOCCOCCOCCO)cc1I. The average Bonchev–Trinajstić information content (AvgIpc) is 2.83. The normalized spacial score (nSPS) is 11.2. The number of aliphatic hydroxyl groups is 2. The molecule has 12 heteroatoms. The summed E-state index contributed by atoms with van der Waals surface area (Å²) in [7, 11) is 0. The highest BCUT2D eigenvalue weighted by atomic mass is 127. The monoisotopic (exact) mass is 714 g/mol. The van der Waals surface area contributed by atoms with E-state index in [1.165, 1.54) is 0 Å². The van der Waals surface area contributed by atoms with E-state index in [0.29, 0.717) is 92.5 Å². The van der Waals surface area contributed by atoms with Crippen molar-refractivity contribution in [3.63, 3.8) is 0 Å². The van der Waals surface area contributed by atoms with Crippen LogP contribution in [-0.4, -0.2) is 116 Å². The molecule has 0 fully saturated rings. The van der Waals surface area contributed by atoms with Crippen LogP contribution in [-0.2, 0) is 28.4 Å². The minimum absolute atomic E-state index is 0.0215. The zero-order valence-corrected chi connectivity index (χ0v) is 23.7. The van der Waals surface area contributed by atoms with Gasteiger partial charge < -0.3 is 48.1 Å². The van der Waals surface area contributed by atoms with Gasteiger partial charge in [-0.1, -0.05) is 0 Å². The van der Waals surface area contributed by atoms with Crippen LogP contribution in [0.2, 0.25) is 0 Å². The number of rotatable bonds is 24. The molecule has 0 aliphatic rings. The molecule has 0 saturated heterocycles. The molecule has 34 heavy (non-hydrogen) atoms. The van der Waals surface area contributed by atoms with Crippen LogP contribution in [0.15, 0.2) is 12.1 Å². The molecule has 0 aliphatic carbocycles. The van der Waals surface area contributed by atoms with Crippen molar-refractivity contribution in [3.05, 3.63) is 19.3 Å². The molecule has 0 aromatic heterocycles. The van der Waals surface area contributed by atoms with Crippen molar-refractivity contribution in [2.75, 3.05) is 106 Å². The molecule has 0 bridgehead atoms. The fourth-order valence-electron chi connectivity index (χ4n) is 2.37. The van der Waals surface area contributed by atoms with Gasteiger partial charge in [0.25, 0.3) is 0 Å². The van der Waals surface area contributed by atoms with Crippen molar-refractivity contribution in [2.24, 2.45) is 0 Å². The van der Waals surface area contributed by atoms with E-state index in [1.807, 2.05) is 12.1 Å². The molecule has 0 atom stereocenters. The predicted molar refractivity (Wildman–Crippen MR) is 142 cm³/mol. The van der Waals surface area contributed by atoms with Crippen LogP contribution in [0.5, 0.6) is 11.5 Å². The fraction of sp³-hybridized carbons (Fsp3) is 0.727. The molecular formula is C22H36I2O10. The lowest BCUT2D eigenvalue weighted by Crippen LogP contribution is -2.14. The molecule has 0 saturated carbocycles. The van der Waals surface area contributed by atoms with E-state index in [1.54, 1.807) is 0 Å². The summed E-state index contributed by atoms with van der Waals surface area (Å²) in [5.74, 6) is 1.57. The standard InChI is InChI=1S/C22H36I2O10/c23-19-18-22(34-16-14-32-12-10-30-8-6-28-4-2-26)20(24)17-21(19)33-15-13-31-11-9-29-7-5-27-3-1-25/h17-18,25-26H,1-16H2. The van der Waals surface area contributed by atoms with E-state index < -0.39 is 0 Å². The highest BCUT2D eigenvalue weighted by molar-refractivity contribution is 14.1. The smallest absolute Gasteiger partial charge is 0.134 e. The maximum absolute atomic E-state index is 8.59. The third-order valence-corrected chi connectivity index (χ3v) is 5.60. The van der Waals surface area contributed by atoms with Gasteiger partial charge in [-0.2, -0.15) is 0 Å². The molecule has 0 heterocycles. The van der Waals surface area contributed by atoms with Gasteiger partial charge in [-0.25, -0.2) is 0 Å². The summed E-state index contributed by atoms with van der Waals surface area (Å²) in [6, 6.07) is 3.89. The van der Waals surface area contributed by atoms with E-state index in [-0.39, 0.29) is 13.2 Å². The topological polar surface area (TPSA) is 114 Å². The van der Waals surface area contributed by atoms with Crippen LogP contribution in [0.3, 0.4) is 0 Å². The van der Waals surface area contributed by atoms with E-state index in [4.69, 9.17) is 48.1 Å². The van der Waals surface area contributed by atoms with Gasteiger partial charge in [0.1, 0.15) is 24.7 Å². The van der Waals surface area contributed by atoms with Crippen LogP contribution >= 0.6 is 45.2 Å². The summed E-state index contributed by atoms with van der Waals surface area (Å²) in [5, 5.41) is 17.2. The maximum Gasteiger partial charge on any atom is 0.134 e. The molecule has 1 aromatic rings. The third kappa shape index (κ3) is 17.4. The first-order chi connectivity index (χ1) is 16.7. The molecular weight excluding hydrogens is 678 g/mol. The van der Waals surface area contributed by atoms with Crippen molar-refractivity contribution in [2.45, 2.75) is 0 Å². The van der Waals surface area contributed by atoms with Gasteiger partial charge in [-0.05, 0) is 57.3 Å². The fourth-order valence-corrected chi connectivity index (χ4v) is 3.55. The molecule has 0 unspecified atom stereocenters. The molecule has 2 N–H and O–H groups in total. The van der Waals surface area contributed by atoms with Gasteiger partial charge in [0.05, 0.1) is 99.6 Å². The van der Waals surface area contributed by atoms with E-state index >= 15 is 0 Å². The van der Waals surface area contributed by atoms with Crippen LogP contribution in [0.25, 0.3) is 0 Å². The van der Waals surface area contributed by atoms with Gasteiger partial charge >= 0.3 is 0 Å². The number of ether oxygens (including phenoxy) is 8. The van der Waals surface area contributed by atoms with Crippen LogP contribution in [0.1, 0.15) is 0 Å². The lowest BCUT2D eigenvalue weighted by Gasteiger charge is -2.13. The maximum atomic E-state index is 8.59. The predicted octanol–water partition coefficient (Wildman–Crippen LogP) is 1.74. The Morgan fingerprint density at radius 2 is 0.706 bits per heavy atom. The third-order valence-electron chi connectivity index (χ3n) is 3.92. The number of aliphatic hydroxyl groups excluding tert-OH is 2. The molecule has 1 rings (SSSR count). The molecule has 198 valence electrons. The Labute approximate surface area is 228 Å². The first-order valence-corrected chi connectivity index (χ1v) is 13.3. The Hall–Kier alpha value is -0.0400. The Kier molecular flexibility index (Phi) is 22.0. The number of hydrogen-bond acceptors (Lipinski definition) is 10. The second kappa shape index (κ2) is 23.4. The second-order valence-electron chi connectivity index (χ2n) is 6.53.